The third-order valence-electron chi connectivity index (χ3n) is 5.11. The van der Waals surface area contributed by atoms with Crippen molar-refractivity contribution in [3.8, 4) is 5.75 Å². The number of hydrogen-bond donors (Lipinski definition) is 3. The van der Waals surface area contributed by atoms with Crippen molar-refractivity contribution in [3.63, 3.8) is 0 Å². The van der Waals surface area contributed by atoms with Gasteiger partial charge in [0.25, 0.3) is 0 Å². The highest BCUT2D eigenvalue weighted by molar-refractivity contribution is 7.98. The van der Waals surface area contributed by atoms with E-state index in [0.29, 0.717) is 17.7 Å². The van der Waals surface area contributed by atoms with Crippen molar-refractivity contribution < 1.29 is 24.2 Å². The number of amides is 3. The van der Waals surface area contributed by atoms with Crippen LogP contribution < -0.4 is 10.6 Å². The fourth-order valence-electron chi connectivity index (χ4n) is 3.60. The first-order valence-corrected chi connectivity index (χ1v) is 13.3. The lowest BCUT2D eigenvalue weighted by atomic mass is 10.0. The minimum absolute atomic E-state index is 0.0409. The van der Waals surface area contributed by atoms with Gasteiger partial charge in [0, 0.05) is 18.2 Å². The number of benzene rings is 1. The Morgan fingerprint density at radius 1 is 1.20 bits per heavy atom. The number of rotatable bonds is 13. The Morgan fingerprint density at radius 2 is 1.86 bits per heavy atom. The first kappa shape index (κ1) is 30.4. The lowest BCUT2D eigenvalue weighted by Crippen LogP contribution is -2.53. The topological polar surface area (TPSA) is 108 Å². The normalized spacial score (nSPS) is 13.8. The molecule has 0 radical (unpaired) electrons. The number of carbonyl (C=O) groups is 3. The summed E-state index contributed by atoms with van der Waals surface area (Å²) in [6, 6.07) is 4.29. The fraction of sp³-hybridized carbons (Fsp3) is 0.577. The molecule has 0 aliphatic heterocycles. The smallest absolute Gasteiger partial charge is 0.408 e. The van der Waals surface area contributed by atoms with Crippen molar-refractivity contribution in [2.45, 2.75) is 77.6 Å². The van der Waals surface area contributed by atoms with E-state index in [1.807, 2.05) is 20.1 Å². The number of carbonyl (C=O) groups excluding carboxylic acids is 3. The monoisotopic (exact) mass is 507 g/mol. The Bertz CT molecular complexity index is 856. The molecule has 0 bridgehead atoms. The highest BCUT2D eigenvalue weighted by Gasteiger charge is 2.37. The summed E-state index contributed by atoms with van der Waals surface area (Å²) in [5, 5.41) is 16.2. The van der Waals surface area contributed by atoms with Gasteiger partial charge < -0.3 is 25.4 Å². The van der Waals surface area contributed by atoms with Crippen molar-refractivity contribution in [2.75, 3.05) is 18.6 Å². The summed E-state index contributed by atoms with van der Waals surface area (Å²) in [5.41, 5.74) is -0.434. The van der Waals surface area contributed by atoms with Crippen molar-refractivity contribution >= 4 is 29.7 Å². The lowest BCUT2D eigenvalue weighted by molar-refractivity contribution is -0.142. The maximum absolute atomic E-state index is 13.8. The van der Waals surface area contributed by atoms with Gasteiger partial charge in [-0.25, -0.2) is 4.79 Å². The molecule has 1 rings (SSSR count). The standard InChI is InChI=1S/C26H41N3O5S/c1-8-12-18(3)27-23(31)22(19-13-10-11-14-21(19)30)29(16-9-2)24(32)20(15-17-35-7)28-25(33)34-26(4,5)6/h9-11,13-14,18,20,22,30H,2,8,12,15-17H2,1,3-7H3,(H,27,31)(H,28,33). The summed E-state index contributed by atoms with van der Waals surface area (Å²) < 4.78 is 5.36. The molecule has 0 aliphatic carbocycles. The van der Waals surface area contributed by atoms with Gasteiger partial charge in [-0.15, -0.1) is 6.58 Å². The highest BCUT2D eigenvalue weighted by atomic mass is 32.2. The molecule has 0 saturated carbocycles. The van der Waals surface area contributed by atoms with Crippen LogP contribution in [0.5, 0.6) is 5.75 Å². The van der Waals surface area contributed by atoms with Crippen molar-refractivity contribution in [3.05, 3.63) is 42.5 Å². The molecule has 3 N–H and O–H groups in total. The zero-order chi connectivity index (χ0) is 26.6. The Hall–Kier alpha value is -2.68. The third-order valence-corrected chi connectivity index (χ3v) is 5.75. The first-order valence-electron chi connectivity index (χ1n) is 11.9. The maximum Gasteiger partial charge on any atom is 0.408 e. The molecule has 8 nitrogen and oxygen atoms in total. The average molecular weight is 508 g/mol. The Labute approximate surface area is 213 Å². The van der Waals surface area contributed by atoms with Gasteiger partial charge in [-0.1, -0.05) is 37.6 Å². The largest absolute Gasteiger partial charge is 0.508 e. The molecule has 0 saturated heterocycles. The second kappa shape index (κ2) is 14.7. The number of nitrogens with one attached hydrogen (secondary N) is 2. The maximum atomic E-state index is 13.8. The van der Waals surface area contributed by atoms with E-state index in [1.165, 1.54) is 28.8 Å². The van der Waals surface area contributed by atoms with E-state index in [2.05, 4.69) is 17.2 Å². The molecule has 3 amide bonds. The number of alkyl carbamates (subject to hydrolysis) is 1. The van der Waals surface area contributed by atoms with E-state index in [-0.39, 0.29) is 18.3 Å². The zero-order valence-corrected chi connectivity index (χ0v) is 22.6. The van der Waals surface area contributed by atoms with E-state index in [0.717, 1.165) is 12.8 Å². The molecule has 3 unspecified atom stereocenters. The van der Waals surface area contributed by atoms with Crippen LogP contribution in [0.4, 0.5) is 4.79 Å². The van der Waals surface area contributed by atoms with Gasteiger partial charge in [0.05, 0.1) is 0 Å². The van der Waals surface area contributed by atoms with Gasteiger partial charge in [0.15, 0.2) is 0 Å². The molecular formula is C26H41N3O5S. The first-order chi connectivity index (χ1) is 16.4. The van der Waals surface area contributed by atoms with Crippen LogP contribution in [0.3, 0.4) is 0 Å². The molecule has 1 aromatic carbocycles. The molecule has 0 fully saturated rings. The van der Waals surface area contributed by atoms with Gasteiger partial charge in [0.2, 0.25) is 11.8 Å². The molecule has 0 heterocycles. The SMILES string of the molecule is C=CCN(C(=O)C(CCSC)NC(=O)OC(C)(C)C)C(C(=O)NC(C)CCC)c1ccccc1O. The van der Waals surface area contributed by atoms with Gasteiger partial charge >= 0.3 is 6.09 Å². The number of nitrogens with zero attached hydrogens (tertiary/aromatic N) is 1. The van der Waals surface area contributed by atoms with Crippen molar-refractivity contribution in [1.29, 1.82) is 0 Å². The van der Waals surface area contributed by atoms with Crippen molar-refractivity contribution in [1.82, 2.24) is 15.5 Å². The van der Waals surface area contributed by atoms with Gasteiger partial charge in [-0.05, 0) is 58.6 Å². The van der Waals surface area contributed by atoms with Crippen LogP contribution in [0.1, 0.15) is 65.5 Å². The second-order valence-electron chi connectivity index (χ2n) is 9.42. The summed E-state index contributed by atoms with van der Waals surface area (Å²) in [6.07, 6.45) is 4.71. The van der Waals surface area contributed by atoms with Crippen LogP contribution in [0.25, 0.3) is 0 Å². The summed E-state index contributed by atoms with van der Waals surface area (Å²) in [4.78, 5) is 41.2. The number of phenols is 1. The molecule has 0 aliphatic rings. The molecule has 9 heteroatoms. The lowest BCUT2D eigenvalue weighted by Gasteiger charge is -2.34. The van der Waals surface area contributed by atoms with Gasteiger partial charge in [-0.3, -0.25) is 9.59 Å². The zero-order valence-electron chi connectivity index (χ0n) is 21.8. The number of hydrogen-bond acceptors (Lipinski definition) is 6. The predicted octanol–water partition coefficient (Wildman–Crippen LogP) is 4.40. The molecule has 196 valence electrons. The molecule has 1 aromatic rings. The van der Waals surface area contributed by atoms with Crippen molar-refractivity contribution in [2.24, 2.45) is 0 Å². The fourth-order valence-corrected chi connectivity index (χ4v) is 4.07. The third kappa shape index (κ3) is 10.2. The van der Waals surface area contributed by atoms with Crippen LogP contribution in [-0.2, 0) is 14.3 Å². The number of phenolic OH excluding ortho intramolecular Hbond substituents is 1. The summed E-state index contributed by atoms with van der Waals surface area (Å²) in [5.74, 6) is -0.368. The number of aromatic hydroxyl groups is 1. The van der Waals surface area contributed by atoms with E-state index in [1.54, 1.807) is 39.0 Å². The van der Waals surface area contributed by atoms with Crippen LogP contribution in [0, 0.1) is 0 Å². The van der Waals surface area contributed by atoms with Gasteiger partial charge in [-0.2, -0.15) is 11.8 Å². The molecular weight excluding hydrogens is 466 g/mol. The van der Waals surface area contributed by atoms with E-state index in [4.69, 9.17) is 4.74 Å². The Morgan fingerprint density at radius 3 is 2.40 bits per heavy atom. The Balaban J connectivity index is 3.42. The predicted molar refractivity (Wildman–Crippen MR) is 141 cm³/mol. The van der Waals surface area contributed by atoms with E-state index >= 15 is 0 Å². The highest BCUT2D eigenvalue weighted by Crippen LogP contribution is 2.30. The number of ether oxygens (including phenoxy) is 1. The van der Waals surface area contributed by atoms with E-state index < -0.39 is 35.6 Å². The average Bonchev–Trinajstić information content (AvgIpc) is 2.75. The Kier molecular flexibility index (Phi) is 12.7. The summed E-state index contributed by atoms with van der Waals surface area (Å²) in [7, 11) is 0. The van der Waals surface area contributed by atoms with Gasteiger partial charge in [0.1, 0.15) is 23.4 Å². The summed E-state index contributed by atoms with van der Waals surface area (Å²) in [6.45, 7) is 12.9. The number of thioether (sulfide) groups is 1. The minimum atomic E-state index is -1.11. The number of para-hydroxylation sites is 1. The van der Waals surface area contributed by atoms with Crippen LogP contribution >= 0.6 is 11.8 Å². The quantitative estimate of drug-likeness (QED) is 0.342. The minimum Gasteiger partial charge on any atom is -0.508 e. The summed E-state index contributed by atoms with van der Waals surface area (Å²) >= 11 is 1.54. The van der Waals surface area contributed by atoms with E-state index in [9.17, 15) is 19.5 Å². The van der Waals surface area contributed by atoms with Crippen LogP contribution in [0.15, 0.2) is 36.9 Å². The molecule has 0 aromatic heterocycles. The van der Waals surface area contributed by atoms with Crippen LogP contribution in [-0.4, -0.2) is 64.2 Å². The second-order valence-corrected chi connectivity index (χ2v) is 10.4. The molecule has 35 heavy (non-hydrogen) atoms. The molecule has 0 spiro atoms. The van der Waals surface area contributed by atoms with Crippen LogP contribution in [0.2, 0.25) is 0 Å². The molecule has 3 atom stereocenters.